The van der Waals surface area contributed by atoms with Gasteiger partial charge in [0.05, 0.1) is 6.61 Å². The molecule has 0 saturated carbocycles. The number of ether oxygens (including phenoxy) is 1. The van der Waals surface area contributed by atoms with E-state index in [1.165, 1.54) is 0 Å². The van der Waals surface area contributed by atoms with E-state index in [0.29, 0.717) is 12.5 Å². The Morgan fingerprint density at radius 3 is 3.07 bits per heavy atom. The summed E-state index contributed by atoms with van der Waals surface area (Å²) in [6.07, 6.45) is 7.45. The van der Waals surface area contributed by atoms with Gasteiger partial charge in [-0.3, -0.25) is 0 Å². The topological polar surface area (TPSA) is 50.1 Å². The monoisotopic (exact) mass is 191 g/mol. The molecule has 0 aromatic heterocycles. The molecule has 0 aliphatic heterocycles. The number of hydrogen-bond donors (Lipinski definition) is 0. The third kappa shape index (κ3) is 3.06. The number of carbonyl (C=O) groups is 1. The highest BCUT2D eigenvalue weighted by Gasteiger charge is 2.13. The molecule has 0 bridgehead atoms. The molecule has 1 atom stereocenters. The van der Waals surface area contributed by atoms with Crippen LogP contribution in [0.15, 0.2) is 24.3 Å². The Kier molecular flexibility index (Phi) is 3.93. The third-order valence-electron chi connectivity index (χ3n) is 2.16. The second-order valence-electron chi connectivity index (χ2n) is 3.31. The summed E-state index contributed by atoms with van der Waals surface area (Å²) in [6.45, 7) is 3.64. The van der Waals surface area contributed by atoms with Crippen molar-refractivity contribution in [2.45, 2.75) is 19.3 Å². The van der Waals surface area contributed by atoms with Gasteiger partial charge in [-0.15, -0.1) is 0 Å². The maximum absolute atomic E-state index is 11.0. The van der Waals surface area contributed by atoms with Crippen molar-refractivity contribution >= 4 is 5.97 Å². The summed E-state index contributed by atoms with van der Waals surface area (Å²) in [5, 5.41) is 8.38. The van der Waals surface area contributed by atoms with Crippen LogP contribution >= 0.6 is 0 Å². The van der Waals surface area contributed by atoms with Crippen LogP contribution in [0.2, 0.25) is 0 Å². The molecule has 0 N–H and O–H groups in total. The number of hydrogen-bond acceptors (Lipinski definition) is 3. The quantitative estimate of drug-likeness (QED) is 0.296. The molecule has 1 aliphatic carbocycles. The number of nitrogens with zero attached hydrogens (tertiary/aromatic N) is 1. The highest BCUT2D eigenvalue weighted by molar-refractivity contribution is 5.91. The Morgan fingerprint density at radius 2 is 2.50 bits per heavy atom. The van der Waals surface area contributed by atoms with E-state index >= 15 is 0 Å². The number of allylic oxidation sites excluding steroid dienone is 1. The van der Waals surface area contributed by atoms with E-state index in [2.05, 4.69) is 18.7 Å². The van der Waals surface area contributed by atoms with E-state index in [4.69, 9.17) is 10.00 Å². The van der Waals surface area contributed by atoms with E-state index in [1.807, 2.05) is 0 Å². The highest BCUT2D eigenvalue weighted by Crippen LogP contribution is 2.17. The van der Waals surface area contributed by atoms with E-state index in [0.717, 1.165) is 19.3 Å². The molecule has 14 heavy (non-hydrogen) atoms. The zero-order valence-electron chi connectivity index (χ0n) is 8.03. The van der Waals surface area contributed by atoms with Crippen LogP contribution in [-0.4, -0.2) is 12.6 Å². The minimum absolute atomic E-state index is 0.134. The molecular formula is C11H13NO2. The smallest absolute Gasteiger partial charge is 0.348 e. The molecule has 0 fully saturated rings. The molecule has 0 aromatic carbocycles. The van der Waals surface area contributed by atoms with Gasteiger partial charge in [0, 0.05) is 5.92 Å². The standard InChI is InChI=1S/C11H13NO2/c1-9(7-12)11(13)14-8-10-5-3-2-4-6-10/h3,5,10H,1-2,4,6,8H2. The SMILES string of the molecule is C=C(C#N)C(=O)OCC1C=CCCC1. The average Bonchev–Trinajstić information content (AvgIpc) is 2.26. The Labute approximate surface area is 83.7 Å². The van der Waals surface area contributed by atoms with Crippen molar-refractivity contribution < 1.29 is 9.53 Å². The van der Waals surface area contributed by atoms with Gasteiger partial charge in [0.25, 0.3) is 0 Å². The van der Waals surface area contributed by atoms with Gasteiger partial charge in [0.15, 0.2) is 0 Å². The van der Waals surface area contributed by atoms with Crippen molar-refractivity contribution in [1.29, 1.82) is 5.26 Å². The minimum Gasteiger partial charge on any atom is -0.461 e. The summed E-state index contributed by atoms with van der Waals surface area (Å²) in [5.41, 5.74) is -0.134. The lowest BCUT2D eigenvalue weighted by atomic mass is 9.97. The fourth-order valence-electron chi connectivity index (χ4n) is 1.34. The van der Waals surface area contributed by atoms with E-state index in [1.54, 1.807) is 6.07 Å². The molecule has 0 radical (unpaired) electrons. The summed E-state index contributed by atoms with van der Waals surface area (Å²) in [4.78, 5) is 11.0. The van der Waals surface area contributed by atoms with Gasteiger partial charge in [-0.05, 0) is 19.3 Å². The van der Waals surface area contributed by atoms with Crippen LogP contribution in [0, 0.1) is 17.2 Å². The molecule has 3 heteroatoms. The van der Waals surface area contributed by atoms with E-state index in [-0.39, 0.29) is 5.57 Å². The average molecular weight is 191 g/mol. The lowest BCUT2D eigenvalue weighted by Gasteiger charge is -2.15. The molecule has 1 aliphatic rings. The first-order valence-electron chi connectivity index (χ1n) is 4.67. The van der Waals surface area contributed by atoms with Gasteiger partial charge >= 0.3 is 5.97 Å². The van der Waals surface area contributed by atoms with Crippen molar-refractivity contribution in [3.8, 4) is 6.07 Å². The molecule has 0 spiro atoms. The van der Waals surface area contributed by atoms with Crippen molar-refractivity contribution in [2.24, 2.45) is 5.92 Å². The first-order valence-corrected chi connectivity index (χ1v) is 4.67. The fraction of sp³-hybridized carbons (Fsp3) is 0.455. The fourth-order valence-corrected chi connectivity index (χ4v) is 1.34. The highest BCUT2D eigenvalue weighted by atomic mass is 16.5. The van der Waals surface area contributed by atoms with Crippen LogP contribution in [-0.2, 0) is 9.53 Å². The van der Waals surface area contributed by atoms with Crippen molar-refractivity contribution in [3.05, 3.63) is 24.3 Å². The van der Waals surface area contributed by atoms with Gasteiger partial charge in [0.1, 0.15) is 11.6 Å². The Bertz CT molecular complexity index is 299. The molecule has 1 unspecified atom stereocenters. The first-order chi connectivity index (χ1) is 6.74. The minimum atomic E-state index is -0.605. The van der Waals surface area contributed by atoms with Crippen molar-refractivity contribution in [1.82, 2.24) is 0 Å². The van der Waals surface area contributed by atoms with E-state index in [9.17, 15) is 4.79 Å². The molecule has 0 heterocycles. The van der Waals surface area contributed by atoms with Gasteiger partial charge < -0.3 is 4.74 Å². The zero-order chi connectivity index (χ0) is 10.4. The molecule has 74 valence electrons. The molecule has 0 amide bonds. The Morgan fingerprint density at radius 1 is 1.71 bits per heavy atom. The second kappa shape index (κ2) is 5.23. The van der Waals surface area contributed by atoms with Crippen LogP contribution in [0.25, 0.3) is 0 Å². The molecule has 0 aromatic rings. The maximum Gasteiger partial charge on any atom is 0.348 e. The van der Waals surface area contributed by atoms with Crippen molar-refractivity contribution in [2.75, 3.05) is 6.61 Å². The number of rotatable bonds is 3. The Balaban J connectivity index is 2.30. The van der Waals surface area contributed by atoms with Crippen LogP contribution in [0.1, 0.15) is 19.3 Å². The Hall–Kier alpha value is -1.56. The summed E-state index contributed by atoms with van der Waals surface area (Å²) < 4.78 is 4.92. The molecule has 0 saturated heterocycles. The van der Waals surface area contributed by atoms with Crippen LogP contribution in [0.4, 0.5) is 0 Å². The maximum atomic E-state index is 11.0. The molecular weight excluding hydrogens is 178 g/mol. The van der Waals surface area contributed by atoms with Crippen LogP contribution in [0.3, 0.4) is 0 Å². The normalized spacial score (nSPS) is 19.8. The predicted octanol–water partition coefficient (Wildman–Crippen LogP) is 1.97. The largest absolute Gasteiger partial charge is 0.461 e. The summed E-state index contributed by atoms with van der Waals surface area (Å²) in [6, 6.07) is 1.67. The lowest BCUT2D eigenvalue weighted by Crippen LogP contribution is -2.14. The predicted molar refractivity (Wildman–Crippen MR) is 52.2 cm³/mol. The summed E-state index contributed by atoms with van der Waals surface area (Å²) >= 11 is 0. The van der Waals surface area contributed by atoms with Gasteiger partial charge in [-0.2, -0.15) is 5.26 Å². The van der Waals surface area contributed by atoms with Gasteiger partial charge in [0.2, 0.25) is 0 Å². The van der Waals surface area contributed by atoms with E-state index < -0.39 is 5.97 Å². The second-order valence-corrected chi connectivity index (χ2v) is 3.31. The number of carbonyl (C=O) groups excluding carboxylic acids is 1. The van der Waals surface area contributed by atoms with Gasteiger partial charge in [-0.25, -0.2) is 4.79 Å². The van der Waals surface area contributed by atoms with Gasteiger partial charge in [-0.1, -0.05) is 18.7 Å². The summed E-state index contributed by atoms with van der Waals surface area (Å²) in [7, 11) is 0. The third-order valence-corrected chi connectivity index (χ3v) is 2.16. The zero-order valence-corrected chi connectivity index (χ0v) is 8.03. The van der Waals surface area contributed by atoms with Crippen molar-refractivity contribution in [3.63, 3.8) is 0 Å². The number of esters is 1. The first kappa shape index (κ1) is 10.5. The molecule has 3 nitrogen and oxygen atoms in total. The molecule has 1 rings (SSSR count). The van der Waals surface area contributed by atoms with Crippen LogP contribution < -0.4 is 0 Å². The number of nitriles is 1. The lowest BCUT2D eigenvalue weighted by molar-refractivity contribution is -0.139. The summed E-state index contributed by atoms with van der Waals surface area (Å²) in [5.74, 6) is -0.300. The van der Waals surface area contributed by atoms with Crippen LogP contribution in [0.5, 0.6) is 0 Å².